The number of carboxylic acids is 1. The zero-order chi connectivity index (χ0) is 26.0. The van der Waals surface area contributed by atoms with Gasteiger partial charge in [0.1, 0.15) is 0 Å². The van der Waals surface area contributed by atoms with E-state index in [0.717, 1.165) is 0 Å². The summed E-state index contributed by atoms with van der Waals surface area (Å²) in [6.45, 7) is 24.1. The molecule has 0 rings (SSSR count). The molecule has 0 bridgehead atoms. The van der Waals surface area contributed by atoms with E-state index in [-0.39, 0.29) is 27.3 Å². The van der Waals surface area contributed by atoms with Gasteiger partial charge in [0.25, 0.3) is 0 Å². The molecule has 0 radical (unpaired) electrons. The molecule has 11 heteroatoms. The van der Waals surface area contributed by atoms with Crippen molar-refractivity contribution in [2.45, 2.75) is 94.5 Å². The van der Waals surface area contributed by atoms with E-state index >= 15 is 0 Å². The number of hydrogen-bond acceptors (Lipinski definition) is 9. The number of hydrogen-bond donors (Lipinski definition) is 0. The van der Waals surface area contributed by atoms with Gasteiger partial charge in [-0.15, -0.1) is 18.3 Å². The first-order valence-corrected chi connectivity index (χ1v) is 13.9. The normalized spacial score (nSPS) is 9.66. The van der Waals surface area contributed by atoms with Gasteiger partial charge in [0.2, 0.25) is 0 Å². The van der Waals surface area contributed by atoms with Crippen LogP contribution in [0.3, 0.4) is 0 Å². The maximum Gasteiger partial charge on any atom is 4.00 e. The van der Waals surface area contributed by atoms with Gasteiger partial charge in [0.05, 0.1) is 5.97 Å². The van der Waals surface area contributed by atoms with Crippen molar-refractivity contribution in [3.8, 4) is 0 Å². The van der Waals surface area contributed by atoms with Crippen molar-refractivity contribution in [2.24, 2.45) is 0 Å². The fourth-order valence-electron chi connectivity index (χ4n) is 0.957. The molecule has 0 unspecified atom stereocenters. The Kier molecular flexibility index (Phi) is 47.6. The number of rotatable bonds is 9. The molecule has 9 nitrogen and oxygen atoms in total. The Bertz CT molecular complexity index is 318. The second-order valence-electron chi connectivity index (χ2n) is 6.45. The molecule has 0 aromatic rings. The van der Waals surface area contributed by atoms with Crippen LogP contribution in [0, 0.1) is 0 Å². The van der Waals surface area contributed by atoms with Crippen LogP contribution < -0.4 is 20.4 Å². The van der Waals surface area contributed by atoms with Gasteiger partial charge in [0.15, 0.2) is 0 Å². The third-order valence-electron chi connectivity index (χ3n) is 1.63. The number of carbonyl (C=O) groups excluding carboxylic acids is 1. The van der Waals surface area contributed by atoms with Crippen molar-refractivity contribution in [1.29, 1.82) is 0 Å². The monoisotopic (exact) mass is 564 g/mol. The van der Waals surface area contributed by atoms with Crippen LogP contribution in [0.5, 0.6) is 0 Å². The summed E-state index contributed by atoms with van der Waals surface area (Å²) in [5.74, 6) is -1.19. The average Bonchev–Trinajstić information content (AvgIpc) is 2.54. The van der Waals surface area contributed by atoms with Crippen LogP contribution in [0.15, 0.2) is 12.2 Å². The summed E-state index contributed by atoms with van der Waals surface area (Å²) in [4.78, 5) is 9.49. The van der Waals surface area contributed by atoms with Gasteiger partial charge in [-0.1, -0.05) is 48.1 Å². The summed E-state index contributed by atoms with van der Waals surface area (Å²) in [5.41, 5.74) is 0.0648. The molecule has 0 amide bonds. The second-order valence-corrected chi connectivity index (χ2v) is 11.0. The first-order chi connectivity index (χ1) is 14.1. The maximum atomic E-state index is 9.53. The molecule has 0 saturated heterocycles. The van der Waals surface area contributed by atoms with Crippen LogP contribution in [-0.2, 0) is 41.6 Å². The molecule has 0 fully saturated rings. The summed E-state index contributed by atoms with van der Waals surface area (Å²) < 4.78 is 21.9. The molecule has 0 spiro atoms. The van der Waals surface area contributed by atoms with Crippen molar-refractivity contribution in [3.05, 3.63) is 12.2 Å². The Hall–Kier alpha value is 0.187. The van der Waals surface area contributed by atoms with Crippen LogP contribution in [0.25, 0.3) is 0 Å². The van der Waals surface area contributed by atoms with Crippen LogP contribution >= 0.6 is 0 Å². The van der Waals surface area contributed by atoms with E-state index in [1.807, 2.05) is 27.7 Å². The second kappa shape index (κ2) is 33.4. The maximum absolute atomic E-state index is 9.53. The Balaban J connectivity index is -0.0000000744. The summed E-state index contributed by atoms with van der Waals surface area (Å²) in [5, 5.41) is 38.1. The summed E-state index contributed by atoms with van der Waals surface area (Å²) >= 11 is -3.32. The summed E-state index contributed by atoms with van der Waals surface area (Å²) in [6, 6.07) is 0. The minimum Gasteiger partial charge on any atom is 4.00 e. The van der Waals surface area contributed by atoms with E-state index in [9.17, 15) is 25.2 Å². The molecule has 0 N–H and O–H groups in total. The third kappa shape index (κ3) is 63.1. The number of carboxylic acid groups (broad SMARTS) is 1. The SMILES string of the molecule is C=C(C)C(=O)[O-].CC(C)[O-].CC(C)[O-].CC(C)[O-].CC[O][Ge]([O]CC)([O]CC)[O]CC.[Ti+4]. The molecule has 0 heterocycles. The number of aliphatic carboxylic acids is 1. The van der Waals surface area contributed by atoms with E-state index in [2.05, 4.69) is 6.58 Å². The molecular weight excluding hydrogens is 517 g/mol. The standard InChI is InChI=1S/C8H20GeO4.C4H6O2.3C3H7O.Ti/c1-5-10-9(11-6-2,12-7-3)13-8-4;1-3(2)4(5)6;3*1-3(2)4;/h5-8H2,1-4H3;1H2,2H3,(H,5,6);3*3H,1-2H3;/q;;3*-1;+4/p-1. The molecule has 0 saturated carbocycles. The predicted molar refractivity (Wildman–Crippen MR) is 117 cm³/mol. The fraction of sp³-hybridized carbons (Fsp3) is 0.857. The minimum atomic E-state index is -3.32. The zero-order valence-electron chi connectivity index (χ0n) is 21.9. The van der Waals surface area contributed by atoms with Gasteiger partial charge in [-0.25, -0.2) is 0 Å². The van der Waals surface area contributed by atoms with E-state index < -0.39 is 38.9 Å². The summed E-state index contributed by atoms with van der Waals surface area (Å²) in [7, 11) is 0. The molecule has 0 aliphatic heterocycles. The minimum absolute atomic E-state index is 0. The van der Waals surface area contributed by atoms with E-state index in [4.69, 9.17) is 15.1 Å². The van der Waals surface area contributed by atoms with E-state index in [1.54, 1.807) is 41.5 Å². The molecule has 0 atom stereocenters. The van der Waals surface area contributed by atoms with E-state index in [0.29, 0.717) is 26.4 Å². The first kappa shape index (κ1) is 45.7. The Morgan fingerprint density at radius 3 is 0.906 bits per heavy atom. The Morgan fingerprint density at radius 2 is 0.844 bits per heavy atom. The first-order valence-electron chi connectivity index (χ1n) is 10.5. The van der Waals surface area contributed by atoms with Crippen LogP contribution in [0.2, 0.25) is 0 Å². The number of carbonyl (C=O) groups is 1. The van der Waals surface area contributed by atoms with Crippen LogP contribution in [0.4, 0.5) is 0 Å². The molecule has 192 valence electrons. The predicted octanol–water partition coefficient (Wildman–Crippen LogP) is 0.143. The van der Waals surface area contributed by atoms with Crippen molar-refractivity contribution in [2.75, 3.05) is 26.4 Å². The van der Waals surface area contributed by atoms with Gasteiger partial charge < -0.3 is 25.2 Å². The van der Waals surface area contributed by atoms with Crippen molar-refractivity contribution < 1.29 is 62.0 Å². The molecule has 0 aliphatic rings. The van der Waals surface area contributed by atoms with Gasteiger partial charge in [-0.3, -0.25) is 0 Å². The van der Waals surface area contributed by atoms with Crippen LogP contribution in [0.1, 0.15) is 76.2 Å². The third-order valence-corrected chi connectivity index (χ3v) is 7.02. The topological polar surface area (TPSA) is 146 Å². The molecular formula is C21H46GeO9Ti. The fourth-order valence-corrected chi connectivity index (χ4v) is 4.97. The molecule has 0 aromatic heterocycles. The van der Waals surface area contributed by atoms with Crippen LogP contribution in [-0.4, -0.2) is 65.3 Å². The molecule has 0 aliphatic carbocycles. The van der Waals surface area contributed by atoms with Crippen molar-refractivity contribution in [3.63, 3.8) is 0 Å². The Morgan fingerprint density at radius 1 is 0.719 bits per heavy atom. The van der Waals surface area contributed by atoms with Crippen molar-refractivity contribution >= 4 is 20.6 Å². The van der Waals surface area contributed by atoms with E-state index in [1.165, 1.54) is 6.92 Å². The quantitative estimate of drug-likeness (QED) is 0.283. The van der Waals surface area contributed by atoms with Gasteiger partial charge in [-0.2, -0.15) is 0 Å². The average molecular weight is 563 g/mol. The largest absolute Gasteiger partial charge is 4.00 e. The zero-order valence-corrected chi connectivity index (χ0v) is 25.6. The van der Waals surface area contributed by atoms with Gasteiger partial charge >= 0.3 is 106 Å². The van der Waals surface area contributed by atoms with Gasteiger partial charge in [0, 0.05) is 0 Å². The summed E-state index contributed by atoms with van der Waals surface area (Å²) in [6.07, 6.45) is -1.25. The van der Waals surface area contributed by atoms with Gasteiger partial charge in [-0.05, 0) is 12.5 Å². The molecule has 0 aromatic carbocycles. The van der Waals surface area contributed by atoms with Crippen molar-refractivity contribution in [1.82, 2.24) is 0 Å². The molecule has 32 heavy (non-hydrogen) atoms. The Labute approximate surface area is 215 Å². The smallest absolute Gasteiger partial charge is 4.00 e.